The molecule has 3 aromatic heterocycles. The highest BCUT2D eigenvalue weighted by Crippen LogP contribution is 2.29. The van der Waals surface area contributed by atoms with Gasteiger partial charge in [-0.2, -0.15) is 10.1 Å². The molecule has 31 heavy (non-hydrogen) atoms. The van der Waals surface area contributed by atoms with E-state index in [-0.39, 0.29) is 12.6 Å². The minimum absolute atomic E-state index is 0.00466. The Labute approximate surface area is 182 Å². The molecule has 1 saturated heterocycles. The Morgan fingerprint density at radius 1 is 1.29 bits per heavy atom. The van der Waals surface area contributed by atoms with Gasteiger partial charge in [-0.15, -0.1) is 0 Å². The number of hydrogen-bond acceptors (Lipinski definition) is 8. The van der Waals surface area contributed by atoms with Gasteiger partial charge in [-0.3, -0.25) is 9.67 Å². The van der Waals surface area contributed by atoms with Crippen molar-refractivity contribution in [2.45, 2.75) is 57.5 Å². The first-order valence-electron chi connectivity index (χ1n) is 11.0. The van der Waals surface area contributed by atoms with Crippen LogP contribution < -0.4 is 11.1 Å². The monoisotopic (exact) mass is 425 g/mol. The zero-order valence-corrected chi connectivity index (χ0v) is 18.2. The van der Waals surface area contributed by atoms with Gasteiger partial charge in [0.25, 0.3) is 0 Å². The van der Waals surface area contributed by atoms with Crippen LogP contribution in [0.4, 0.5) is 11.8 Å². The fourth-order valence-electron chi connectivity index (χ4n) is 3.95. The van der Waals surface area contributed by atoms with E-state index in [2.05, 4.69) is 32.3 Å². The van der Waals surface area contributed by atoms with Crippen LogP contribution in [0.3, 0.4) is 0 Å². The number of rotatable bonds is 8. The maximum Gasteiger partial charge on any atom is 0.222 e. The maximum atomic E-state index is 9.95. The van der Waals surface area contributed by atoms with Crippen molar-refractivity contribution in [2.24, 2.45) is 0 Å². The van der Waals surface area contributed by atoms with Crippen LogP contribution in [0.25, 0.3) is 22.2 Å². The fraction of sp³-hybridized carbons (Fsp3) is 0.545. The van der Waals surface area contributed by atoms with Crippen molar-refractivity contribution in [3.8, 4) is 11.3 Å². The molecule has 1 aliphatic rings. The van der Waals surface area contributed by atoms with Crippen molar-refractivity contribution in [3.63, 3.8) is 0 Å². The molecule has 4 N–H and O–H groups in total. The molecule has 1 fully saturated rings. The van der Waals surface area contributed by atoms with Crippen molar-refractivity contribution >= 4 is 22.7 Å². The Balaban J connectivity index is 1.63. The van der Waals surface area contributed by atoms with E-state index in [1.807, 2.05) is 30.1 Å². The number of aliphatic hydroxyl groups excluding tert-OH is 1. The molecule has 1 atom stereocenters. The molecule has 0 radical (unpaired) electrons. The Bertz CT molecular complexity index is 1030. The van der Waals surface area contributed by atoms with Crippen molar-refractivity contribution in [1.29, 1.82) is 0 Å². The van der Waals surface area contributed by atoms with E-state index >= 15 is 0 Å². The van der Waals surface area contributed by atoms with Gasteiger partial charge in [-0.25, -0.2) is 4.98 Å². The number of fused-ring (bicyclic) bond motifs is 1. The van der Waals surface area contributed by atoms with E-state index in [4.69, 9.17) is 10.5 Å². The summed E-state index contributed by atoms with van der Waals surface area (Å²) in [6.07, 6.45) is 10.4. The lowest BCUT2D eigenvalue weighted by Gasteiger charge is -2.29. The van der Waals surface area contributed by atoms with Gasteiger partial charge in [-0.05, 0) is 32.3 Å². The van der Waals surface area contributed by atoms with Gasteiger partial charge in [0.15, 0.2) is 0 Å². The van der Waals surface area contributed by atoms with E-state index in [1.54, 1.807) is 6.20 Å². The number of ether oxygens (including phenoxy) is 1. The van der Waals surface area contributed by atoms with Gasteiger partial charge in [0, 0.05) is 31.2 Å². The van der Waals surface area contributed by atoms with Crippen LogP contribution in [0.5, 0.6) is 0 Å². The number of nitrogens with one attached hydrogen (secondary N) is 1. The van der Waals surface area contributed by atoms with Crippen LogP contribution >= 0.6 is 0 Å². The Kier molecular flexibility index (Phi) is 6.33. The second-order valence-corrected chi connectivity index (χ2v) is 8.52. The third-order valence-electron chi connectivity index (χ3n) is 5.91. The topological polar surface area (TPSA) is 124 Å². The number of aromatic nitrogens is 5. The number of unbranched alkanes of at least 4 members (excludes halogenated alkanes) is 1. The first-order valence-corrected chi connectivity index (χ1v) is 11.0. The lowest BCUT2D eigenvalue weighted by atomic mass is 9.95. The fourth-order valence-corrected chi connectivity index (χ4v) is 3.95. The van der Waals surface area contributed by atoms with Crippen LogP contribution in [0, 0.1) is 0 Å². The van der Waals surface area contributed by atoms with Crippen LogP contribution in [0.15, 0.2) is 24.7 Å². The van der Waals surface area contributed by atoms with Crippen molar-refractivity contribution < 1.29 is 9.84 Å². The molecule has 0 amide bonds. The molecule has 0 spiro atoms. The van der Waals surface area contributed by atoms with Gasteiger partial charge in [0.2, 0.25) is 5.95 Å². The first kappa shape index (κ1) is 21.5. The van der Waals surface area contributed by atoms with Gasteiger partial charge >= 0.3 is 0 Å². The van der Waals surface area contributed by atoms with E-state index in [9.17, 15) is 5.11 Å². The lowest BCUT2D eigenvalue weighted by molar-refractivity contribution is 0.0662. The second-order valence-electron chi connectivity index (χ2n) is 8.52. The summed E-state index contributed by atoms with van der Waals surface area (Å²) in [7, 11) is 0. The quantitative estimate of drug-likeness (QED) is 0.503. The third kappa shape index (κ3) is 4.77. The molecule has 9 nitrogen and oxygen atoms in total. The SMILES string of the molecule is CCCC[C@](C)(CO)Nc1nc(N)nc2cc(-c3cnn(C4CCOCC4)c3)ncc12. The van der Waals surface area contributed by atoms with Crippen molar-refractivity contribution in [3.05, 3.63) is 24.7 Å². The molecule has 166 valence electrons. The minimum Gasteiger partial charge on any atom is -0.394 e. The molecule has 0 saturated carbocycles. The lowest BCUT2D eigenvalue weighted by Crippen LogP contribution is -2.39. The Morgan fingerprint density at radius 3 is 2.84 bits per heavy atom. The van der Waals surface area contributed by atoms with Gasteiger partial charge < -0.3 is 20.9 Å². The number of aliphatic hydroxyl groups is 1. The average molecular weight is 426 g/mol. The predicted molar refractivity (Wildman–Crippen MR) is 121 cm³/mol. The summed E-state index contributed by atoms with van der Waals surface area (Å²) in [5, 5.41) is 18.6. The van der Waals surface area contributed by atoms with E-state index in [1.165, 1.54) is 0 Å². The van der Waals surface area contributed by atoms with E-state index < -0.39 is 5.54 Å². The number of hydrogen-bond donors (Lipinski definition) is 3. The Hall–Kier alpha value is -2.78. The smallest absolute Gasteiger partial charge is 0.222 e. The molecule has 0 aliphatic carbocycles. The molecule has 4 rings (SSSR count). The standard InChI is InChI=1S/C22H31N7O2/c1-3-4-7-22(2,14-30)28-20-17-12-24-18(10-19(17)26-21(23)27-20)15-11-25-29(13-15)16-5-8-31-9-6-16/h10-13,16,30H,3-9,14H2,1-2H3,(H3,23,26,27,28)/t22-/m1/s1. The van der Waals surface area contributed by atoms with Crippen LogP contribution in [-0.2, 0) is 4.74 Å². The summed E-state index contributed by atoms with van der Waals surface area (Å²) in [6, 6.07) is 2.27. The molecule has 0 unspecified atom stereocenters. The van der Waals surface area contributed by atoms with Crippen molar-refractivity contribution in [1.82, 2.24) is 24.7 Å². The van der Waals surface area contributed by atoms with Gasteiger partial charge in [0.1, 0.15) is 5.82 Å². The summed E-state index contributed by atoms with van der Waals surface area (Å²) < 4.78 is 7.45. The normalized spacial score (nSPS) is 17.0. The molecule has 9 heteroatoms. The minimum atomic E-state index is -0.493. The maximum absolute atomic E-state index is 9.95. The molecule has 3 aromatic rings. The van der Waals surface area contributed by atoms with Crippen LogP contribution in [0.2, 0.25) is 0 Å². The van der Waals surface area contributed by atoms with Crippen LogP contribution in [0.1, 0.15) is 52.0 Å². The number of nitrogen functional groups attached to an aromatic ring is 1. The van der Waals surface area contributed by atoms with E-state index in [0.717, 1.165) is 62.0 Å². The second kappa shape index (κ2) is 9.15. The number of anilines is 2. The average Bonchev–Trinajstić information content (AvgIpc) is 3.28. The van der Waals surface area contributed by atoms with Crippen LogP contribution in [-0.4, -0.2) is 55.2 Å². The molecule has 4 heterocycles. The molecular formula is C22H31N7O2. The largest absolute Gasteiger partial charge is 0.394 e. The molecule has 0 aromatic carbocycles. The summed E-state index contributed by atoms with van der Waals surface area (Å²) in [5.74, 6) is 0.771. The highest BCUT2D eigenvalue weighted by molar-refractivity contribution is 5.91. The Morgan fingerprint density at radius 2 is 2.10 bits per heavy atom. The number of pyridine rings is 1. The zero-order valence-electron chi connectivity index (χ0n) is 18.2. The summed E-state index contributed by atoms with van der Waals surface area (Å²) in [5.41, 5.74) is 7.93. The summed E-state index contributed by atoms with van der Waals surface area (Å²) in [4.78, 5) is 13.4. The molecular weight excluding hydrogens is 394 g/mol. The molecule has 1 aliphatic heterocycles. The third-order valence-corrected chi connectivity index (χ3v) is 5.91. The van der Waals surface area contributed by atoms with Gasteiger partial charge in [-0.1, -0.05) is 19.8 Å². The number of nitrogens with zero attached hydrogens (tertiary/aromatic N) is 5. The van der Waals surface area contributed by atoms with E-state index in [0.29, 0.717) is 17.4 Å². The van der Waals surface area contributed by atoms with Gasteiger partial charge in [0.05, 0.1) is 41.0 Å². The highest BCUT2D eigenvalue weighted by atomic mass is 16.5. The zero-order chi connectivity index (χ0) is 21.8. The summed E-state index contributed by atoms with van der Waals surface area (Å²) >= 11 is 0. The number of nitrogens with two attached hydrogens (primary N) is 1. The summed E-state index contributed by atoms with van der Waals surface area (Å²) in [6.45, 7) is 5.65. The molecule has 0 bridgehead atoms. The van der Waals surface area contributed by atoms with Crippen molar-refractivity contribution in [2.75, 3.05) is 30.9 Å². The first-order chi connectivity index (χ1) is 15.0. The predicted octanol–water partition coefficient (Wildman–Crippen LogP) is 3.18. The highest BCUT2D eigenvalue weighted by Gasteiger charge is 2.24.